The van der Waals surface area contributed by atoms with Crippen LogP contribution >= 0.6 is 12.6 Å². The molecular weight excluding hydrogens is 368 g/mol. The van der Waals surface area contributed by atoms with E-state index < -0.39 is 40.7 Å². The maximum absolute atomic E-state index is 14.2. The van der Waals surface area contributed by atoms with Crippen LogP contribution in [0.3, 0.4) is 0 Å². The molecule has 0 aliphatic carbocycles. The Morgan fingerprint density at radius 1 is 1.15 bits per heavy atom. The Morgan fingerprint density at radius 3 is 2.46 bits per heavy atom. The van der Waals surface area contributed by atoms with Gasteiger partial charge in [-0.3, -0.25) is 4.79 Å². The lowest BCUT2D eigenvalue weighted by molar-refractivity contribution is -0.137. The molecule has 1 saturated heterocycles. The van der Waals surface area contributed by atoms with E-state index >= 15 is 0 Å². The molecule has 1 amide bonds. The second-order valence-electron chi connectivity index (χ2n) is 6.18. The molecule has 138 valence electrons. The molecule has 3 nitrogen and oxygen atoms in total. The molecule has 1 aliphatic rings. The molecule has 0 saturated carbocycles. The molecule has 26 heavy (non-hydrogen) atoms. The van der Waals surface area contributed by atoms with Crippen molar-refractivity contribution in [2.75, 3.05) is 11.4 Å². The van der Waals surface area contributed by atoms with Crippen LogP contribution in [0.1, 0.15) is 17.0 Å². The van der Waals surface area contributed by atoms with Crippen molar-refractivity contribution >= 4 is 24.2 Å². The maximum Gasteiger partial charge on any atom is 0.416 e. The number of hydrogen-bond acceptors (Lipinski definition) is 3. The number of carbonyl (C=O) groups excluding carboxylic acids is 1. The summed E-state index contributed by atoms with van der Waals surface area (Å²) in [5.41, 5.74) is 5.23. The summed E-state index contributed by atoms with van der Waals surface area (Å²) in [5.74, 6) is -2.68. The highest BCUT2D eigenvalue weighted by Gasteiger charge is 2.45. The zero-order valence-corrected chi connectivity index (χ0v) is 14.3. The van der Waals surface area contributed by atoms with Gasteiger partial charge in [-0.05, 0) is 23.8 Å². The van der Waals surface area contributed by atoms with Crippen molar-refractivity contribution in [2.24, 2.45) is 11.7 Å². The third kappa shape index (κ3) is 3.38. The Balaban J connectivity index is 2.01. The van der Waals surface area contributed by atoms with E-state index in [9.17, 15) is 22.4 Å². The molecule has 3 atom stereocenters. The molecule has 3 rings (SSSR count). The third-order valence-electron chi connectivity index (χ3n) is 4.60. The van der Waals surface area contributed by atoms with Crippen molar-refractivity contribution in [1.29, 1.82) is 0 Å². The quantitative estimate of drug-likeness (QED) is 0.625. The van der Waals surface area contributed by atoms with Crippen molar-refractivity contribution < 1.29 is 22.4 Å². The van der Waals surface area contributed by atoms with E-state index in [1.807, 2.05) is 0 Å². The average Bonchev–Trinajstić information content (AvgIpc) is 2.92. The van der Waals surface area contributed by atoms with Gasteiger partial charge in [0.25, 0.3) is 0 Å². The Kier molecular flexibility index (Phi) is 4.88. The molecule has 0 spiro atoms. The molecule has 3 unspecified atom stereocenters. The van der Waals surface area contributed by atoms with Gasteiger partial charge in [0, 0.05) is 12.5 Å². The first-order valence-corrected chi connectivity index (χ1v) is 8.37. The van der Waals surface area contributed by atoms with Gasteiger partial charge in [-0.1, -0.05) is 30.3 Å². The summed E-state index contributed by atoms with van der Waals surface area (Å²) in [7, 11) is 0. The van der Waals surface area contributed by atoms with Gasteiger partial charge in [0.1, 0.15) is 5.82 Å². The molecule has 0 bridgehead atoms. The van der Waals surface area contributed by atoms with Gasteiger partial charge in [0.2, 0.25) is 5.91 Å². The summed E-state index contributed by atoms with van der Waals surface area (Å²) >= 11 is 4.41. The smallest absolute Gasteiger partial charge is 0.369 e. The molecule has 2 N–H and O–H groups in total. The van der Waals surface area contributed by atoms with Crippen molar-refractivity contribution in [3.63, 3.8) is 0 Å². The second-order valence-corrected chi connectivity index (χ2v) is 6.70. The van der Waals surface area contributed by atoms with Crippen molar-refractivity contribution in [2.45, 2.75) is 17.5 Å². The van der Waals surface area contributed by atoms with E-state index in [0.717, 1.165) is 12.1 Å². The maximum atomic E-state index is 14.2. The highest BCUT2D eigenvalue weighted by Crippen LogP contribution is 2.43. The lowest BCUT2D eigenvalue weighted by atomic mass is 9.87. The van der Waals surface area contributed by atoms with E-state index in [4.69, 9.17) is 5.73 Å². The standard InChI is InChI=1S/C18H16F4N2OS/c19-13-6-1-2-7-14(13)24-9-12(15(16(23)25)17(24)26)10-4-3-5-11(8-10)18(20,21)22/h1-8,12,15,17,26H,9H2,(H2,23,25). The average molecular weight is 384 g/mol. The normalized spacial score (nSPS) is 23.3. The van der Waals surface area contributed by atoms with Gasteiger partial charge in [0.15, 0.2) is 0 Å². The van der Waals surface area contributed by atoms with Crippen LogP contribution in [-0.2, 0) is 11.0 Å². The van der Waals surface area contributed by atoms with Crippen LogP contribution in [0.4, 0.5) is 23.2 Å². The highest BCUT2D eigenvalue weighted by atomic mass is 32.1. The minimum atomic E-state index is -4.50. The van der Waals surface area contributed by atoms with Gasteiger partial charge < -0.3 is 10.6 Å². The van der Waals surface area contributed by atoms with E-state index in [0.29, 0.717) is 5.56 Å². The molecule has 8 heteroatoms. The summed E-state index contributed by atoms with van der Waals surface area (Å²) in [6.07, 6.45) is -4.50. The first kappa shape index (κ1) is 18.6. The molecule has 1 heterocycles. The Labute approximate surface area is 153 Å². The van der Waals surface area contributed by atoms with E-state index in [2.05, 4.69) is 12.6 Å². The zero-order valence-electron chi connectivity index (χ0n) is 13.4. The van der Waals surface area contributed by atoms with Gasteiger partial charge in [-0.15, -0.1) is 0 Å². The van der Waals surface area contributed by atoms with Gasteiger partial charge in [0.05, 0.1) is 22.5 Å². The van der Waals surface area contributed by atoms with Crippen LogP contribution in [0.25, 0.3) is 0 Å². The van der Waals surface area contributed by atoms with Crippen LogP contribution in [0.2, 0.25) is 0 Å². The predicted molar refractivity (Wildman–Crippen MR) is 93.4 cm³/mol. The number of primary amides is 1. The van der Waals surface area contributed by atoms with Crippen LogP contribution in [0.5, 0.6) is 0 Å². The summed E-state index contributed by atoms with van der Waals surface area (Å²) in [6, 6.07) is 10.7. The number of amides is 1. The predicted octanol–water partition coefficient (Wildman–Crippen LogP) is 3.81. The molecule has 0 radical (unpaired) electrons. The third-order valence-corrected chi connectivity index (χ3v) is 5.20. The summed E-state index contributed by atoms with van der Waals surface area (Å²) in [5, 5.41) is -0.746. The fourth-order valence-corrected chi connectivity index (χ4v) is 3.94. The van der Waals surface area contributed by atoms with E-state index in [-0.39, 0.29) is 12.2 Å². The SMILES string of the molecule is NC(=O)C1C(c2cccc(C(F)(F)F)c2)CN(c2ccccc2F)C1S. The summed E-state index contributed by atoms with van der Waals surface area (Å²) in [4.78, 5) is 13.5. The van der Waals surface area contributed by atoms with Crippen molar-refractivity contribution in [1.82, 2.24) is 0 Å². The monoisotopic (exact) mass is 384 g/mol. The number of anilines is 1. The van der Waals surface area contributed by atoms with E-state index in [1.54, 1.807) is 11.0 Å². The molecule has 1 fully saturated rings. The first-order chi connectivity index (χ1) is 12.2. The number of alkyl halides is 3. The Hall–Kier alpha value is -2.22. The molecule has 2 aromatic carbocycles. The molecule has 0 aromatic heterocycles. The van der Waals surface area contributed by atoms with Gasteiger partial charge in [-0.25, -0.2) is 4.39 Å². The minimum Gasteiger partial charge on any atom is -0.369 e. The van der Waals surface area contributed by atoms with Crippen molar-refractivity contribution in [3.8, 4) is 0 Å². The number of rotatable bonds is 3. The molecular formula is C18H16F4N2OS. The topological polar surface area (TPSA) is 46.3 Å². The summed E-state index contributed by atoms with van der Waals surface area (Å²) in [6.45, 7) is 0.129. The lowest BCUT2D eigenvalue weighted by Gasteiger charge is -2.25. The second kappa shape index (κ2) is 6.83. The first-order valence-electron chi connectivity index (χ1n) is 7.86. The largest absolute Gasteiger partial charge is 0.416 e. The van der Waals surface area contributed by atoms with E-state index in [1.165, 1.54) is 30.3 Å². The molecule has 2 aromatic rings. The number of thiol groups is 1. The van der Waals surface area contributed by atoms with Gasteiger partial charge >= 0.3 is 6.18 Å². The number of nitrogens with two attached hydrogens (primary N) is 1. The highest BCUT2D eigenvalue weighted by molar-refractivity contribution is 7.81. The number of para-hydroxylation sites is 1. The lowest BCUT2D eigenvalue weighted by Crippen LogP contribution is -2.35. The zero-order chi connectivity index (χ0) is 19.1. The molecule has 1 aliphatic heterocycles. The number of halogens is 4. The van der Waals surface area contributed by atoms with Crippen LogP contribution in [0, 0.1) is 11.7 Å². The Morgan fingerprint density at radius 2 is 1.85 bits per heavy atom. The van der Waals surface area contributed by atoms with Gasteiger partial charge in [-0.2, -0.15) is 25.8 Å². The van der Waals surface area contributed by atoms with Crippen LogP contribution in [0.15, 0.2) is 48.5 Å². The fraction of sp³-hybridized carbons (Fsp3) is 0.278. The van der Waals surface area contributed by atoms with Crippen molar-refractivity contribution in [3.05, 3.63) is 65.5 Å². The number of nitrogens with zero attached hydrogens (tertiary/aromatic N) is 1. The van der Waals surface area contributed by atoms with Crippen LogP contribution in [-0.4, -0.2) is 17.8 Å². The van der Waals surface area contributed by atoms with Crippen LogP contribution < -0.4 is 10.6 Å². The Bertz CT molecular complexity index is 827. The number of benzene rings is 2. The fourth-order valence-electron chi connectivity index (χ4n) is 3.36. The number of carbonyl (C=O) groups is 1. The minimum absolute atomic E-state index is 0.129. The number of hydrogen-bond donors (Lipinski definition) is 2. The summed E-state index contributed by atoms with van der Waals surface area (Å²) < 4.78 is 53.2.